The van der Waals surface area contributed by atoms with Gasteiger partial charge in [0.15, 0.2) is 11.6 Å². The number of carbonyl (C=O) groups is 1. The third-order valence-corrected chi connectivity index (χ3v) is 7.34. The van der Waals surface area contributed by atoms with E-state index in [1.165, 1.54) is 0 Å². The van der Waals surface area contributed by atoms with Crippen LogP contribution >= 0.6 is 0 Å². The number of H-pyrrole nitrogens is 1. The molecule has 2 N–H and O–H groups in total. The smallest absolute Gasteiger partial charge is 0.253 e. The molecule has 0 radical (unpaired) electrons. The number of pyridine rings is 1. The number of aromatic amines is 1. The van der Waals surface area contributed by atoms with Crippen molar-refractivity contribution in [1.82, 2.24) is 24.8 Å². The van der Waals surface area contributed by atoms with Crippen LogP contribution in [-0.4, -0.2) is 32.5 Å². The fraction of sp³-hybridized carbons (Fsp3) is 0.156. The predicted molar refractivity (Wildman–Crippen MR) is 157 cm³/mol. The summed E-state index contributed by atoms with van der Waals surface area (Å²) in [5.41, 5.74) is 5.34. The molecule has 0 atom stereocenters. The lowest BCUT2D eigenvalue weighted by atomic mass is 10.1. The van der Waals surface area contributed by atoms with Crippen LogP contribution in [0.2, 0.25) is 0 Å². The first-order valence-electron chi connectivity index (χ1n) is 13.1. The molecule has 0 bridgehead atoms. The first-order valence-corrected chi connectivity index (χ1v) is 13.1. The van der Waals surface area contributed by atoms with E-state index >= 15 is 4.39 Å². The quantitative estimate of drug-likeness (QED) is 0.259. The number of fused-ring (bicyclic) bond motifs is 2. The average molecular weight is 533 g/mol. The zero-order valence-corrected chi connectivity index (χ0v) is 22.6. The minimum atomic E-state index is -0.367. The number of nitrogens with zero attached hydrogens (tertiary/aromatic N) is 4. The largest absolute Gasteiger partial charge is 0.355 e. The molecule has 0 saturated carbocycles. The van der Waals surface area contributed by atoms with Gasteiger partial charge in [0.1, 0.15) is 11.3 Å². The predicted octanol–water partition coefficient (Wildman–Crippen LogP) is 6.13. The number of hydrogen-bond donors (Lipinski definition) is 2. The molecule has 6 rings (SSSR count). The second kappa shape index (κ2) is 10.3. The van der Waals surface area contributed by atoms with Crippen LogP contribution in [-0.2, 0) is 20.1 Å². The number of halogens is 1. The molecule has 3 heterocycles. The number of aromatic nitrogens is 4. The molecule has 8 heteroatoms. The van der Waals surface area contributed by atoms with Gasteiger partial charge in [0.25, 0.3) is 5.91 Å². The Labute approximate surface area is 231 Å². The Bertz CT molecular complexity index is 1800. The molecule has 0 aliphatic heterocycles. The highest BCUT2D eigenvalue weighted by Gasteiger charge is 2.22. The second-order valence-electron chi connectivity index (χ2n) is 9.89. The fourth-order valence-electron chi connectivity index (χ4n) is 5.20. The summed E-state index contributed by atoms with van der Waals surface area (Å²) in [6.45, 7) is 3.05. The zero-order chi connectivity index (χ0) is 27.8. The van der Waals surface area contributed by atoms with Crippen LogP contribution in [0.1, 0.15) is 27.3 Å². The van der Waals surface area contributed by atoms with E-state index in [4.69, 9.17) is 4.98 Å². The van der Waals surface area contributed by atoms with Crippen LogP contribution < -0.4 is 10.2 Å². The van der Waals surface area contributed by atoms with Crippen molar-refractivity contribution in [2.45, 2.75) is 20.0 Å². The molecule has 0 aliphatic carbocycles. The molecule has 0 unspecified atom stereocenters. The van der Waals surface area contributed by atoms with Crippen molar-refractivity contribution < 1.29 is 9.18 Å². The number of carbonyl (C=O) groups excluding carboxylic acids is 1. The van der Waals surface area contributed by atoms with Crippen LogP contribution in [0.5, 0.6) is 0 Å². The third-order valence-electron chi connectivity index (χ3n) is 7.34. The highest BCUT2D eigenvalue weighted by molar-refractivity contribution is 6.09. The maximum atomic E-state index is 15.9. The number of amides is 1. The van der Waals surface area contributed by atoms with E-state index in [9.17, 15) is 4.79 Å². The maximum absolute atomic E-state index is 15.9. The Balaban J connectivity index is 1.54. The number of benzene rings is 3. The van der Waals surface area contributed by atoms with Crippen LogP contribution in [0.25, 0.3) is 33.2 Å². The minimum Gasteiger partial charge on any atom is -0.355 e. The summed E-state index contributed by atoms with van der Waals surface area (Å²) in [5, 5.41) is 3.38. The normalized spacial score (nSPS) is 11.3. The number of rotatable bonds is 7. The van der Waals surface area contributed by atoms with Crippen molar-refractivity contribution in [3.63, 3.8) is 0 Å². The highest BCUT2D eigenvalue weighted by atomic mass is 19.1. The minimum absolute atomic E-state index is 0.259. The third kappa shape index (κ3) is 4.47. The van der Waals surface area contributed by atoms with Gasteiger partial charge in [-0.1, -0.05) is 60.7 Å². The molecular formula is C32H29FN6O. The van der Waals surface area contributed by atoms with Crippen molar-refractivity contribution in [3.8, 4) is 11.3 Å². The maximum Gasteiger partial charge on any atom is 0.253 e. The van der Waals surface area contributed by atoms with E-state index in [1.807, 2.05) is 55.5 Å². The molecule has 200 valence electrons. The van der Waals surface area contributed by atoms with E-state index in [-0.39, 0.29) is 11.7 Å². The summed E-state index contributed by atoms with van der Waals surface area (Å²) < 4.78 is 17.7. The molecule has 40 heavy (non-hydrogen) atoms. The molecule has 0 spiro atoms. The van der Waals surface area contributed by atoms with Crippen LogP contribution in [0, 0.1) is 12.7 Å². The number of imidazole rings is 1. The molecule has 3 aromatic carbocycles. The molecule has 3 aromatic heterocycles. The standard InChI is InChI=1S/C32H29FN6O/c1-20-36-26-15-14-23(28(33)30(26)38(20)3)27-16-24-25(32(40)34-2)17-35-31(29(24)37-27)39(18-21-10-6-4-7-11-21)19-22-12-8-5-9-13-22/h4-17,37H,18-19H2,1-3H3,(H,34,40). The molecule has 0 saturated heterocycles. The topological polar surface area (TPSA) is 78.8 Å². The SMILES string of the molecule is CNC(=O)c1cnc(N(Cc2ccccc2)Cc2ccccc2)c2[nH]c(-c3ccc4nc(C)n(C)c4c3F)cc12. The zero-order valence-electron chi connectivity index (χ0n) is 22.6. The van der Waals surface area contributed by atoms with Gasteiger partial charge >= 0.3 is 0 Å². The van der Waals surface area contributed by atoms with Crippen molar-refractivity contribution in [2.24, 2.45) is 7.05 Å². The first-order chi connectivity index (χ1) is 19.4. The molecule has 6 aromatic rings. The van der Waals surface area contributed by atoms with E-state index in [0.717, 1.165) is 17.0 Å². The van der Waals surface area contributed by atoms with E-state index in [2.05, 4.69) is 44.5 Å². The Kier molecular flexibility index (Phi) is 6.51. The van der Waals surface area contributed by atoms with Gasteiger partial charge in [0.05, 0.1) is 16.6 Å². The number of nitrogens with one attached hydrogen (secondary N) is 2. The number of aryl methyl sites for hydroxylation is 2. The molecule has 7 nitrogen and oxygen atoms in total. The lowest BCUT2D eigenvalue weighted by molar-refractivity contribution is 0.0964. The fourth-order valence-corrected chi connectivity index (χ4v) is 5.20. The van der Waals surface area contributed by atoms with Crippen LogP contribution in [0.4, 0.5) is 10.2 Å². The van der Waals surface area contributed by atoms with Gasteiger partial charge in [-0.25, -0.2) is 14.4 Å². The Morgan fingerprint density at radius 2 is 1.65 bits per heavy atom. The first kappa shape index (κ1) is 25.3. The number of anilines is 1. The average Bonchev–Trinajstić information content (AvgIpc) is 3.54. The van der Waals surface area contributed by atoms with Gasteiger partial charge in [-0.2, -0.15) is 0 Å². The van der Waals surface area contributed by atoms with Gasteiger partial charge in [0.2, 0.25) is 0 Å². The second-order valence-corrected chi connectivity index (χ2v) is 9.89. The van der Waals surface area contributed by atoms with Gasteiger partial charge in [-0.15, -0.1) is 0 Å². The summed E-state index contributed by atoms with van der Waals surface area (Å²) in [6, 6.07) is 25.7. The molecule has 1 amide bonds. The van der Waals surface area contributed by atoms with Crippen molar-refractivity contribution in [1.29, 1.82) is 0 Å². The summed E-state index contributed by atoms with van der Waals surface area (Å²) >= 11 is 0. The lowest BCUT2D eigenvalue weighted by Crippen LogP contribution is -2.24. The molecule has 0 aliphatic rings. The Morgan fingerprint density at radius 1 is 1.00 bits per heavy atom. The van der Waals surface area contributed by atoms with Crippen LogP contribution in [0.3, 0.4) is 0 Å². The van der Waals surface area contributed by atoms with Gasteiger partial charge in [-0.05, 0) is 36.2 Å². The number of hydrogen-bond acceptors (Lipinski definition) is 4. The van der Waals surface area contributed by atoms with E-state index < -0.39 is 0 Å². The monoisotopic (exact) mass is 532 g/mol. The van der Waals surface area contributed by atoms with Crippen molar-refractivity contribution in [3.05, 3.63) is 113 Å². The lowest BCUT2D eigenvalue weighted by Gasteiger charge is -2.25. The summed E-state index contributed by atoms with van der Waals surface area (Å²) in [4.78, 5) is 27.7. The van der Waals surface area contributed by atoms with E-state index in [1.54, 1.807) is 30.9 Å². The van der Waals surface area contributed by atoms with E-state index in [0.29, 0.717) is 57.7 Å². The van der Waals surface area contributed by atoms with Gasteiger partial charge in [-0.3, -0.25) is 4.79 Å². The Hall–Kier alpha value is -4.98. The van der Waals surface area contributed by atoms with Crippen LogP contribution in [0.15, 0.2) is 85.1 Å². The summed E-state index contributed by atoms with van der Waals surface area (Å²) in [7, 11) is 3.39. The Morgan fingerprint density at radius 3 is 2.27 bits per heavy atom. The summed E-state index contributed by atoms with van der Waals surface area (Å²) in [6.07, 6.45) is 1.60. The molecular weight excluding hydrogens is 503 g/mol. The highest BCUT2D eigenvalue weighted by Crippen LogP contribution is 2.35. The molecule has 0 fully saturated rings. The van der Waals surface area contributed by atoms with Gasteiger partial charge in [0, 0.05) is 50.0 Å². The summed E-state index contributed by atoms with van der Waals surface area (Å²) in [5.74, 6) is 0.784. The van der Waals surface area contributed by atoms with Crippen molar-refractivity contribution >= 4 is 33.7 Å². The van der Waals surface area contributed by atoms with Crippen molar-refractivity contribution in [2.75, 3.05) is 11.9 Å². The van der Waals surface area contributed by atoms with Gasteiger partial charge < -0.3 is 19.8 Å².